The van der Waals surface area contributed by atoms with Crippen LogP contribution in [0.1, 0.15) is 284 Å². The van der Waals surface area contributed by atoms with Gasteiger partial charge < -0.3 is 14.2 Å². The fourth-order valence-corrected chi connectivity index (χ4v) is 8.01. The van der Waals surface area contributed by atoms with E-state index >= 15 is 0 Å². The molecule has 0 spiro atoms. The predicted molar refractivity (Wildman–Crippen MR) is 293 cm³/mol. The summed E-state index contributed by atoms with van der Waals surface area (Å²) in [5.74, 6) is -0.910. The Morgan fingerprint density at radius 1 is 0.294 bits per heavy atom. The number of allylic oxidation sites excluding steroid dienone is 12. The molecule has 0 fully saturated rings. The number of hydrogen-bond donors (Lipinski definition) is 0. The van der Waals surface area contributed by atoms with Crippen molar-refractivity contribution in [2.75, 3.05) is 13.2 Å². The number of carbonyl (C=O) groups excluding carboxylic acids is 3. The lowest BCUT2D eigenvalue weighted by atomic mass is 10.1. The molecule has 68 heavy (non-hydrogen) atoms. The van der Waals surface area contributed by atoms with E-state index in [0.717, 1.165) is 122 Å². The van der Waals surface area contributed by atoms with Crippen LogP contribution in [-0.4, -0.2) is 37.2 Å². The van der Waals surface area contributed by atoms with Gasteiger partial charge in [0.15, 0.2) is 6.10 Å². The minimum absolute atomic E-state index is 0.0869. The van der Waals surface area contributed by atoms with Gasteiger partial charge in [-0.1, -0.05) is 229 Å². The van der Waals surface area contributed by atoms with Gasteiger partial charge in [-0.25, -0.2) is 0 Å². The van der Waals surface area contributed by atoms with Gasteiger partial charge in [-0.15, -0.1) is 0 Å². The number of rotatable bonds is 52. The summed E-state index contributed by atoms with van der Waals surface area (Å²) in [5.41, 5.74) is 0. The van der Waals surface area contributed by atoms with Crippen molar-refractivity contribution >= 4 is 17.9 Å². The molecule has 0 aliphatic rings. The average Bonchev–Trinajstić information content (AvgIpc) is 3.34. The highest BCUT2D eigenvalue weighted by molar-refractivity contribution is 5.71. The Morgan fingerprint density at radius 3 is 0.897 bits per heavy atom. The molecule has 0 rings (SSSR count). The summed E-state index contributed by atoms with van der Waals surface area (Å²) in [4.78, 5) is 38.1. The minimum Gasteiger partial charge on any atom is -0.462 e. The van der Waals surface area contributed by atoms with Crippen LogP contribution in [0.15, 0.2) is 72.9 Å². The van der Waals surface area contributed by atoms with Gasteiger partial charge in [0.05, 0.1) is 0 Å². The van der Waals surface area contributed by atoms with Gasteiger partial charge in [-0.3, -0.25) is 14.4 Å². The maximum atomic E-state index is 12.8. The molecular formula is C62H108O6. The molecule has 0 aliphatic carbocycles. The zero-order valence-corrected chi connectivity index (χ0v) is 44.9. The van der Waals surface area contributed by atoms with Crippen molar-refractivity contribution in [3.05, 3.63) is 72.9 Å². The summed E-state index contributed by atoms with van der Waals surface area (Å²) in [6.07, 6.45) is 71.8. The molecule has 0 aliphatic heterocycles. The van der Waals surface area contributed by atoms with Crippen LogP contribution < -0.4 is 0 Å². The molecule has 0 heterocycles. The standard InChI is InChI=1S/C62H108O6/c1-4-7-10-13-16-19-22-25-27-28-29-30-31-32-33-34-35-38-40-43-46-49-52-55-61(64)67-58-59(57-66-60(63)54-51-48-45-42-39-36-24-21-18-15-12-9-6-3)68-62(65)56-53-50-47-44-41-37-26-23-20-17-14-11-8-5-2/h12,15,21-26,28-29,31-32,59H,4-11,13-14,16-20,27,30,33-58H2,1-3H3/b15-12-,24-21-,25-22-,26-23-,29-28-,32-31-. The van der Waals surface area contributed by atoms with Gasteiger partial charge in [0.1, 0.15) is 13.2 Å². The first-order valence-corrected chi connectivity index (χ1v) is 28.9. The number of ether oxygens (including phenoxy) is 3. The third kappa shape index (κ3) is 53.8. The molecule has 0 amide bonds. The second-order valence-corrected chi connectivity index (χ2v) is 19.2. The molecular weight excluding hydrogens is 841 g/mol. The summed E-state index contributed by atoms with van der Waals surface area (Å²) in [5, 5.41) is 0. The van der Waals surface area contributed by atoms with Crippen LogP contribution in [0.4, 0.5) is 0 Å². The lowest BCUT2D eigenvalue weighted by molar-refractivity contribution is -0.167. The van der Waals surface area contributed by atoms with Gasteiger partial charge >= 0.3 is 17.9 Å². The van der Waals surface area contributed by atoms with E-state index in [9.17, 15) is 14.4 Å². The highest BCUT2D eigenvalue weighted by atomic mass is 16.6. The van der Waals surface area contributed by atoms with E-state index in [1.807, 2.05) is 0 Å². The number of unbranched alkanes of at least 4 members (excludes halogenated alkanes) is 29. The lowest BCUT2D eigenvalue weighted by Gasteiger charge is -2.18. The molecule has 0 aromatic rings. The Kier molecular flexibility index (Phi) is 53.8. The lowest BCUT2D eigenvalue weighted by Crippen LogP contribution is -2.30. The van der Waals surface area contributed by atoms with E-state index in [4.69, 9.17) is 14.2 Å². The van der Waals surface area contributed by atoms with Crippen molar-refractivity contribution in [2.45, 2.75) is 290 Å². The van der Waals surface area contributed by atoms with Crippen LogP contribution in [0.5, 0.6) is 0 Å². The second-order valence-electron chi connectivity index (χ2n) is 19.2. The van der Waals surface area contributed by atoms with Gasteiger partial charge in [0.2, 0.25) is 0 Å². The van der Waals surface area contributed by atoms with E-state index in [1.165, 1.54) is 122 Å². The first-order valence-electron chi connectivity index (χ1n) is 28.9. The van der Waals surface area contributed by atoms with Crippen LogP contribution in [0.3, 0.4) is 0 Å². The topological polar surface area (TPSA) is 78.9 Å². The molecule has 1 unspecified atom stereocenters. The van der Waals surface area contributed by atoms with Gasteiger partial charge in [0, 0.05) is 19.3 Å². The summed E-state index contributed by atoms with van der Waals surface area (Å²) >= 11 is 0. The molecule has 6 nitrogen and oxygen atoms in total. The van der Waals surface area contributed by atoms with Crippen LogP contribution in [0.2, 0.25) is 0 Å². The van der Waals surface area contributed by atoms with Crippen molar-refractivity contribution in [3.8, 4) is 0 Å². The number of hydrogen-bond acceptors (Lipinski definition) is 6. The van der Waals surface area contributed by atoms with E-state index in [0.29, 0.717) is 19.3 Å². The Hall–Kier alpha value is -3.15. The molecule has 0 saturated carbocycles. The van der Waals surface area contributed by atoms with E-state index in [-0.39, 0.29) is 31.1 Å². The third-order valence-corrected chi connectivity index (χ3v) is 12.4. The smallest absolute Gasteiger partial charge is 0.306 e. The van der Waals surface area contributed by atoms with Crippen molar-refractivity contribution in [3.63, 3.8) is 0 Å². The first-order chi connectivity index (χ1) is 33.5. The van der Waals surface area contributed by atoms with Crippen LogP contribution in [0.25, 0.3) is 0 Å². The normalized spacial score (nSPS) is 12.6. The van der Waals surface area contributed by atoms with Crippen molar-refractivity contribution in [1.82, 2.24) is 0 Å². The zero-order valence-electron chi connectivity index (χ0n) is 44.9. The van der Waals surface area contributed by atoms with Gasteiger partial charge in [-0.05, 0) is 109 Å². The third-order valence-electron chi connectivity index (χ3n) is 12.4. The number of carbonyl (C=O) groups is 3. The Bertz CT molecular complexity index is 1270. The maximum Gasteiger partial charge on any atom is 0.306 e. The molecule has 0 aromatic heterocycles. The van der Waals surface area contributed by atoms with E-state index in [2.05, 4.69) is 93.7 Å². The van der Waals surface area contributed by atoms with Gasteiger partial charge in [-0.2, -0.15) is 0 Å². The summed E-state index contributed by atoms with van der Waals surface area (Å²) in [6, 6.07) is 0. The quantitative estimate of drug-likeness (QED) is 0.0262. The first kappa shape index (κ1) is 64.8. The monoisotopic (exact) mass is 949 g/mol. The molecule has 0 radical (unpaired) electrons. The summed E-state index contributed by atoms with van der Waals surface area (Å²) in [6.45, 7) is 6.54. The Morgan fingerprint density at radius 2 is 0.559 bits per heavy atom. The van der Waals surface area contributed by atoms with Gasteiger partial charge in [0.25, 0.3) is 0 Å². The van der Waals surface area contributed by atoms with Crippen molar-refractivity contribution < 1.29 is 28.6 Å². The highest BCUT2D eigenvalue weighted by Crippen LogP contribution is 2.15. The summed E-state index contributed by atoms with van der Waals surface area (Å²) in [7, 11) is 0. The van der Waals surface area contributed by atoms with Crippen LogP contribution >= 0.6 is 0 Å². The van der Waals surface area contributed by atoms with E-state index in [1.54, 1.807) is 0 Å². The minimum atomic E-state index is -0.789. The summed E-state index contributed by atoms with van der Waals surface area (Å²) < 4.78 is 16.8. The Balaban J connectivity index is 4.34. The predicted octanol–water partition coefficient (Wildman–Crippen LogP) is 19.4. The van der Waals surface area contributed by atoms with Crippen molar-refractivity contribution in [1.29, 1.82) is 0 Å². The molecule has 0 N–H and O–H groups in total. The molecule has 0 aromatic carbocycles. The maximum absolute atomic E-state index is 12.8. The fourth-order valence-electron chi connectivity index (χ4n) is 8.01. The molecule has 392 valence electrons. The highest BCUT2D eigenvalue weighted by Gasteiger charge is 2.19. The van der Waals surface area contributed by atoms with Crippen LogP contribution in [0, 0.1) is 0 Å². The second kappa shape index (κ2) is 56.4. The molecule has 0 bridgehead atoms. The van der Waals surface area contributed by atoms with Crippen LogP contribution in [-0.2, 0) is 28.6 Å². The average molecular weight is 950 g/mol. The number of esters is 3. The SMILES string of the molecule is CCC/C=C\C/C=C\CCCCCCCC(=O)OCC(COC(=O)CCCCCCCCCC/C=C\C/C=C\C/C=C\CCCCCCC)OC(=O)CCCCCCC/C=C\CCCCCCC. The zero-order chi connectivity index (χ0) is 49.3. The molecule has 6 heteroatoms. The molecule has 1 atom stereocenters. The largest absolute Gasteiger partial charge is 0.462 e. The Labute approximate surface area is 421 Å². The fraction of sp³-hybridized carbons (Fsp3) is 0.758. The van der Waals surface area contributed by atoms with Crippen molar-refractivity contribution in [2.24, 2.45) is 0 Å². The van der Waals surface area contributed by atoms with E-state index < -0.39 is 6.10 Å². The molecule has 0 saturated heterocycles.